The summed E-state index contributed by atoms with van der Waals surface area (Å²) >= 11 is 0. The van der Waals surface area contributed by atoms with Crippen molar-refractivity contribution in [2.75, 3.05) is 30.0 Å². The zero-order valence-electron chi connectivity index (χ0n) is 11.5. The third-order valence-corrected chi connectivity index (χ3v) is 2.74. The van der Waals surface area contributed by atoms with E-state index < -0.39 is 0 Å². The number of nitrogen functional groups attached to an aromatic ring is 1. The second kappa shape index (κ2) is 6.01. The van der Waals surface area contributed by atoms with Gasteiger partial charge in [-0.3, -0.25) is 14.8 Å². The SMILES string of the molecule is CN(C)c1ccncc1NC(=O)Cc1ccc(N)cn1. The van der Waals surface area contributed by atoms with Crippen LogP contribution in [0.25, 0.3) is 0 Å². The maximum atomic E-state index is 12.0. The summed E-state index contributed by atoms with van der Waals surface area (Å²) in [7, 11) is 3.82. The molecule has 2 aromatic heterocycles. The van der Waals surface area contributed by atoms with Crippen molar-refractivity contribution in [2.45, 2.75) is 6.42 Å². The highest BCUT2D eigenvalue weighted by molar-refractivity contribution is 5.95. The minimum absolute atomic E-state index is 0.140. The highest BCUT2D eigenvalue weighted by atomic mass is 16.1. The Kier molecular flexibility index (Phi) is 4.14. The van der Waals surface area contributed by atoms with Gasteiger partial charge in [0.1, 0.15) is 0 Å². The van der Waals surface area contributed by atoms with Crippen molar-refractivity contribution >= 4 is 23.0 Å². The molecule has 2 heterocycles. The van der Waals surface area contributed by atoms with E-state index in [2.05, 4.69) is 15.3 Å². The van der Waals surface area contributed by atoms with Gasteiger partial charge in [0.25, 0.3) is 0 Å². The van der Waals surface area contributed by atoms with Crippen LogP contribution in [0.4, 0.5) is 17.1 Å². The van der Waals surface area contributed by atoms with Crippen LogP contribution in [0.15, 0.2) is 36.8 Å². The van der Waals surface area contributed by atoms with Gasteiger partial charge < -0.3 is 16.0 Å². The fraction of sp³-hybridized carbons (Fsp3) is 0.214. The molecule has 6 nitrogen and oxygen atoms in total. The molecule has 104 valence electrons. The summed E-state index contributed by atoms with van der Waals surface area (Å²) < 4.78 is 0. The largest absolute Gasteiger partial charge is 0.397 e. The summed E-state index contributed by atoms with van der Waals surface area (Å²) in [5.41, 5.74) is 8.39. The van der Waals surface area contributed by atoms with Gasteiger partial charge in [-0.2, -0.15) is 0 Å². The summed E-state index contributed by atoms with van der Waals surface area (Å²) in [6.45, 7) is 0. The van der Waals surface area contributed by atoms with E-state index >= 15 is 0 Å². The van der Waals surface area contributed by atoms with Gasteiger partial charge >= 0.3 is 0 Å². The lowest BCUT2D eigenvalue weighted by atomic mass is 10.2. The zero-order chi connectivity index (χ0) is 14.5. The average Bonchev–Trinajstić information content (AvgIpc) is 2.41. The summed E-state index contributed by atoms with van der Waals surface area (Å²) in [6, 6.07) is 5.31. The molecule has 0 fully saturated rings. The van der Waals surface area contributed by atoms with Crippen LogP contribution in [0.1, 0.15) is 5.69 Å². The normalized spacial score (nSPS) is 10.1. The van der Waals surface area contributed by atoms with E-state index in [1.165, 1.54) is 6.20 Å². The first kappa shape index (κ1) is 13.8. The lowest BCUT2D eigenvalue weighted by Crippen LogP contribution is -2.18. The summed E-state index contributed by atoms with van der Waals surface area (Å²) in [4.78, 5) is 22.1. The Balaban J connectivity index is 2.07. The molecule has 0 radical (unpaired) electrons. The van der Waals surface area contributed by atoms with Gasteiger partial charge in [-0.1, -0.05) is 0 Å². The molecule has 0 bridgehead atoms. The van der Waals surface area contributed by atoms with Crippen LogP contribution in [0, 0.1) is 0 Å². The number of aromatic nitrogens is 2. The molecule has 0 spiro atoms. The van der Waals surface area contributed by atoms with Gasteiger partial charge in [0, 0.05) is 26.0 Å². The fourth-order valence-corrected chi connectivity index (χ4v) is 1.77. The van der Waals surface area contributed by atoms with E-state index in [-0.39, 0.29) is 12.3 Å². The van der Waals surface area contributed by atoms with Crippen LogP contribution in [0.5, 0.6) is 0 Å². The number of pyridine rings is 2. The molecule has 0 aromatic carbocycles. The number of nitrogens with two attached hydrogens (primary N) is 1. The van der Waals surface area contributed by atoms with Gasteiger partial charge in [0.15, 0.2) is 0 Å². The third-order valence-electron chi connectivity index (χ3n) is 2.74. The molecule has 0 atom stereocenters. The van der Waals surface area contributed by atoms with Crippen LogP contribution in [0.2, 0.25) is 0 Å². The Morgan fingerprint density at radius 1 is 1.30 bits per heavy atom. The Hall–Kier alpha value is -2.63. The smallest absolute Gasteiger partial charge is 0.230 e. The number of nitrogens with zero attached hydrogens (tertiary/aromatic N) is 3. The van der Waals surface area contributed by atoms with Crippen LogP contribution < -0.4 is 16.0 Å². The van der Waals surface area contributed by atoms with Crippen LogP contribution >= 0.6 is 0 Å². The molecule has 1 amide bonds. The van der Waals surface area contributed by atoms with Crippen molar-refractivity contribution in [3.63, 3.8) is 0 Å². The van der Waals surface area contributed by atoms with Crippen molar-refractivity contribution in [3.8, 4) is 0 Å². The van der Waals surface area contributed by atoms with Crippen molar-refractivity contribution < 1.29 is 4.79 Å². The number of amides is 1. The zero-order valence-corrected chi connectivity index (χ0v) is 11.5. The van der Waals surface area contributed by atoms with Crippen molar-refractivity contribution in [2.24, 2.45) is 0 Å². The van der Waals surface area contributed by atoms with E-state index in [1.54, 1.807) is 24.5 Å². The predicted octanol–water partition coefficient (Wildman–Crippen LogP) is 1.31. The molecule has 0 saturated carbocycles. The average molecular weight is 271 g/mol. The Morgan fingerprint density at radius 3 is 2.75 bits per heavy atom. The molecule has 0 saturated heterocycles. The number of rotatable bonds is 4. The lowest BCUT2D eigenvalue weighted by Gasteiger charge is -2.17. The first-order valence-electron chi connectivity index (χ1n) is 6.18. The molecular formula is C14H17N5O. The summed E-state index contributed by atoms with van der Waals surface area (Å²) in [6.07, 6.45) is 5.05. The van der Waals surface area contributed by atoms with Crippen LogP contribution in [0.3, 0.4) is 0 Å². The van der Waals surface area contributed by atoms with Crippen molar-refractivity contribution in [3.05, 3.63) is 42.5 Å². The topological polar surface area (TPSA) is 84.1 Å². The standard InChI is InChI=1S/C14H17N5O/c1-19(2)13-5-6-16-9-12(13)18-14(20)7-11-4-3-10(15)8-17-11/h3-6,8-9H,7,15H2,1-2H3,(H,18,20). The molecule has 20 heavy (non-hydrogen) atoms. The fourth-order valence-electron chi connectivity index (χ4n) is 1.77. The Morgan fingerprint density at radius 2 is 2.10 bits per heavy atom. The monoisotopic (exact) mass is 271 g/mol. The van der Waals surface area contributed by atoms with E-state index in [9.17, 15) is 4.79 Å². The highest BCUT2D eigenvalue weighted by Gasteiger charge is 2.09. The maximum Gasteiger partial charge on any atom is 0.230 e. The minimum Gasteiger partial charge on any atom is -0.397 e. The van der Waals surface area contributed by atoms with Gasteiger partial charge in [0.05, 0.1) is 35.9 Å². The molecule has 2 aromatic rings. The first-order valence-corrected chi connectivity index (χ1v) is 6.18. The Labute approximate surface area is 117 Å². The molecular weight excluding hydrogens is 254 g/mol. The minimum atomic E-state index is -0.140. The number of hydrogen-bond acceptors (Lipinski definition) is 5. The van der Waals surface area contributed by atoms with Crippen LogP contribution in [-0.4, -0.2) is 30.0 Å². The van der Waals surface area contributed by atoms with Gasteiger partial charge in [-0.15, -0.1) is 0 Å². The highest BCUT2D eigenvalue weighted by Crippen LogP contribution is 2.22. The summed E-state index contributed by atoms with van der Waals surface area (Å²) in [5.74, 6) is -0.140. The van der Waals surface area contributed by atoms with E-state index in [0.29, 0.717) is 17.1 Å². The van der Waals surface area contributed by atoms with E-state index in [0.717, 1.165) is 5.69 Å². The summed E-state index contributed by atoms with van der Waals surface area (Å²) in [5, 5.41) is 2.84. The number of carbonyl (C=O) groups is 1. The number of carbonyl (C=O) groups excluding carboxylic acids is 1. The quantitative estimate of drug-likeness (QED) is 0.875. The van der Waals surface area contributed by atoms with Gasteiger partial charge in [-0.05, 0) is 18.2 Å². The molecule has 0 aliphatic heterocycles. The molecule has 6 heteroatoms. The number of hydrogen-bond donors (Lipinski definition) is 2. The molecule has 0 unspecified atom stereocenters. The van der Waals surface area contributed by atoms with Crippen molar-refractivity contribution in [1.82, 2.24) is 9.97 Å². The second-order valence-corrected chi connectivity index (χ2v) is 4.60. The van der Waals surface area contributed by atoms with Crippen molar-refractivity contribution in [1.29, 1.82) is 0 Å². The Bertz CT molecular complexity index is 595. The molecule has 3 N–H and O–H groups in total. The molecule has 2 rings (SSSR count). The predicted molar refractivity (Wildman–Crippen MR) is 79.5 cm³/mol. The van der Waals surface area contributed by atoms with E-state index in [1.807, 2.05) is 25.1 Å². The van der Waals surface area contributed by atoms with E-state index in [4.69, 9.17) is 5.73 Å². The maximum absolute atomic E-state index is 12.0. The second-order valence-electron chi connectivity index (χ2n) is 4.60. The number of nitrogens with one attached hydrogen (secondary N) is 1. The molecule has 0 aliphatic rings. The third kappa shape index (κ3) is 3.44. The first-order chi connectivity index (χ1) is 9.56. The molecule has 0 aliphatic carbocycles. The lowest BCUT2D eigenvalue weighted by molar-refractivity contribution is -0.115. The van der Waals surface area contributed by atoms with Crippen LogP contribution in [-0.2, 0) is 11.2 Å². The van der Waals surface area contributed by atoms with Gasteiger partial charge in [0.2, 0.25) is 5.91 Å². The van der Waals surface area contributed by atoms with Gasteiger partial charge in [-0.25, -0.2) is 0 Å². The number of anilines is 3.